The molecule has 0 fully saturated rings. The number of ketones is 1. The van der Waals surface area contributed by atoms with Gasteiger partial charge in [0.2, 0.25) is 5.89 Å². The first-order chi connectivity index (χ1) is 13.1. The van der Waals surface area contributed by atoms with E-state index in [-0.39, 0.29) is 17.5 Å². The highest BCUT2D eigenvalue weighted by Crippen LogP contribution is 2.24. The van der Waals surface area contributed by atoms with Crippen LogP contribution in [-0.2, 0) is 0 Å². The molecule has 2 aromatic carbocycles. The predicted molar refractivity (Wildman–Crippen MR) is 102 cm³/mol. The van der Waals surface area contributed by atoms with Crippen molar-refractivity contribution >= 4 is 11.6 Å². The molecule has 0 aliphatic rings. The van der Waals surface area contributed by atoms with E-state index in [0.29, 0.717) is 11.6 Å². The summed E-state index contributed by atoms with van der Waals surface area (Å²) < 4.78 is 5.53. The summed E-state index contributed by atoms with van der Waals surface area (Å²) in [6.45, 7) is 1.56. The molecule has 0 saturated carbocycles. The zero-order chi connectivity index (χ0) is 19.1. The molecule has 2 aromatic heterocycles. The van der Waals surface area contributed by atoms with Gasteiger partial charge in [-0.15, -0.1) is 10.2 Å². The number of nitrogens with zero attached hydrogens (tertiary/aromatic N) is 4. The van der Waals surface area contributed by atoms with E-state index >= 15 is 0 Å². The standard InChI is InChI=1S/C12H9N5O.C8H8O/c13-10-9(14-6-7-15-10)12-17-16-11(18-12)8-4-2-1-3-5-8;1-7(9)8-5-3-2-4-6-8/h1-7H,(H2,13,15);2-6H,1H3. The van der Waals surface area contributed by atoms with Gasteiger partial charge < -0.3 is 10.2 Å². The van der Waals surface area contributed by atoms with Crippen molar-refractivity contribution in [2.24, 2.45) is 0 Å². The monoisotopic (exact) mass is 359 g/mol. The van der Waals surface area contributed by atoms with Gasteiger partial charge in [-0.2, -0.15) is 0 Å². The van der Waals surface area contributed by atoms with Crippen LogP contribution in [-0.4, -0.2) is 25.9 Å². The Kier molecular flexibility index (Phi) is 5.64. The minimum Gasteiger partial charge on any atom is -0.414 e. The minimum atomic E-state index is 0.121. The predicted octanol–water partition coefficient (Wildman–Crippen LogP) is 3.67. The summed E-state index contributed by atoms with van der Waals surface area (Å²) in [5.41, 5.74) is 7.72. The average molecular weight is 359 g/mol. The number of nitrogen functional groups attached to an aromatic ring is 1. The van der Waals surface area contributed by atoms with Crippen molar-refractivity contribution in [3.05, 3.63) is 78.6 Å². The van der Waals surface area contributed by atoms with Crippen molar-refractivity contribution in [2.45, 2.75) is 6.92 Å². The molecule has 7 heteroatoms. The zero-order valence-corrected chi connectivity index (χ0v) is 14.6. The molecular formula is C20H17N5O2. The van der Waals surface area contributed by atoms with Gasteiger partial charge in [0, 0.05) is 23.5 Å². The third kappa shape index (κ3) is 4.60. The first-order valence-corrected chi connectivity index (χ1v) is 8.17. The number of aromatic nitrogens is 4. The summed E-state index contributed by atoms with van der Waals surface area (Å²) in [5, 5.41) is 7.89. The number of carbonyl (C=O) groups is 1. The normalized spacial score (nSPS) is 9.96. The van der Waals surface area contributed by atoms with Crippen LogP contribution < -0.4 is 5.73 Å². The molecule has 2 N–H and O–H groups in total. The molecule has 0 radical (unpaired) electrons. The van der Waals surface area contributed by atoms with E-state index in [1.165, 1.54) is 12.4 Å². The van der Waals surface area contributed by atoms with Crippen LogP contribution in [0.2, 0.25) is 0 Å². The number of Topliss-reactive ketones (excluding diaryl/α,β-unsaturated/α-hetero) is 1. The molecule has 0 unspecified atom stereocenters. The molecule has 0 spiro atoms. The van der Waals surface area contributed by atoms with Crippen LogP contribution in [0.5, 0.6) is 0 Å². The number of hydrogen-bond acceptors (Lipinski definition) is 7. The van der Waals surface area contributed by atoms with Crippen molar-refractivity contribution in [1.29, 1.82) is 0 Å². The van der Waals surface area contributed by atoms with Crippen LogP contribution >= 0.6 is 0 Å². The number of benzene rings is 2. The Morgan fingerprint density at radius 3 is 2.04 bits per heavy atom. The van der Waals surface area contributed by atoms with E-state index in [1.54, 1.807) is 6.92 Å². The minimum absolute atomic E-state index is 0.121. The largest absolute Gasteiger partial charge is 0.414 e. The second-order valence-electron chi connectivity index (χ2n) is 5.49. The molecule has 0 amide bonds. The third-order valence-electron chi connectivity index (χ3n) is 3.56. The highest BCUT2D eigenvalue weighted by atomic mass is 16.4. The first-order valence-electron chi connectivity index (χ1n) is 8.17. The molecule has 2 heterocycles. The summed E-state index contributed by atoms with van der Waals surface area (Å²) >= 11 is 0. The van der Waals surface area contributed by atoms with Crippen molar-refractivity contribution in [2.75, 3.05) is 5.73 Å². The van der Waals surface area contributed by atoms with Crippen molar-refractivity contribution < 1.29 is 9.21 Å². The lowest BCUT2D eigenvalue weighted by Crippen LogP contribution is -1.95. The van der Waals surface area contributed by atoms with Crippen molar-refractivity contribution in [3.63, 3.8) is 0 Å². The Balaban J connectivity index is 0.000000197. The van der Waals surface area contributed by atoms with Crippen LogP contribution in [0.25, 0.3) is 23.0 Å². The highest BCUT2D eigenvalue weighted by Gasteiger charge is 2.14. The Hall–Kier alpha value is -3.87. The SMILES string of the molecule is CC(=O)c1ccccc1.Nc1nccnc1-c1nnc(-c2ccccc2)o1. The van der Waals surface area contributed by atoms with Gasteiger partial charge in [0.15, 0.2) is 17.3 Å². The lowest BCUT2D eigenvalue weighted by atomic mass is 10.2. The zero-order valence-electron chi connectivity index (χ0n) is 14.6. The fraction of sp³-hybridized carbons (Fsp3) is 0.0500. The maximum Gasteiger partial charge on any atom is 0.270 e. The van der Waals surface area contributed by atoms with Crippen molar-refractivity contribution in [1.82, 2.24) is 20.2 Å². The Bertz CT molecular complexity index is 1020. The van der Waals surface area contributed by atoms with Crippen LogP contribution in [0.4, 0.5) is 5.82 Å². The molecule has 0 bridgehead atoms. The van der Waals surface area contributed by atoms with Gasteiger partial charge >= 0.3 is 0 Å². The van der Waals surface area contributed by atoms with E-state index in [9.17, 15) is 4.79 Å². The number of carbonyl (C=O) groups excluding carboxylic acids is 1. The van der Waals surface area contributed by atoms with Gasteiger partial charge in [-0.3, -0.25) is 4.79 Å². The smallest absolute Gasteiger partial charge is 0.270 e. The lowest BCUT2D eigenvalue weighted by molar-refractivity contribution is 0.101. The Morgan fingerprint density at radius 2 is 1.44 bits per heavy atom. The second-order valence-corrected chi connectivity index (χ2v) is 5.49. The topological polar surface area (TPSA) is 108 Å². The van der Waals surface area contributed by atoms with E-state index in [4.69, 9.17) is 10.2 Å². The van der Waals surface area contributed by atoms with Gasteiger partial charge in [0.05, 0.1) is 0 Å². The van der Waals surface area contributed by atoms with Crippen molar-refractivity contribution in [3.8, 4) is 23.0 Å². The fourth-order valence-corrected chi connectivity index (χ4v) is 2.20. The fourth-order valence-electron chi connectivity index (χ4n) is 2.20. The van der Waals surface area contributed by atoms with Crippen LogP contribution in [0, 0.1) is 0 Å². The molecule has 27 heavy (non-hydrogen) atoms. The maximum absolute atomic E-state index is 10.6. The second kappa shape index (κ2) is 8.48. The number of anilines is 1. The van der Waals surface area contributed by atoms with Gasteiger partial charge in [0.1, 0.15) is 0 Å². The number of hydrogen-bond donors (Lipinski definition) is 1. The summed E-state index contributed by atoms with van der Waals surface area (Å²) in [4.78, 5) is 18.6. The van der Waals surface area contributed by atoms with E-state index in [1.807, 2.05) is 60.7 Å². The molecule has 0 aliphatic heterocycles. The molecular weight excluding hydrogens is 342 g/mol. The molecule has 7 nitrogen and oxygen atoms in total. The van der Waals surface area contributed by atoms with Crippen LogP contribution in [0.15, 0.2) is 77.5 Å². The van der Waals surface area contributed by atoms with Crippen LogP contribution in [0.1, 0.15) is 17.3 Å². The molecule has 4 aromatic rings. The molecule has 0 saturated heterocycles. The first kappa shape index (κ1) is 17.9. The Labute approximate surface area is 155 Å². The van der Waals surface area contributed by atoms with Gasteiger partial charge in [-0.05, 0) is 19.1 Å². The average Bonchev–Trinajstić information content (AvgIpc) is 3.20. The van der Waals surface area contributed by atoms with E-state index in [2.05, 4.69) is 20.2 Å². The van der Waals surface area contributed by atoms with Crippen LogP contribution in [0.3, 0.4) is 0 Å². The summed E-state index contributed by atoms with van der Waals surface area (Å²) in [5.74, 6) is 1.08. The van der Waals surface area contributed by atoms with Gasteiger partial charge in [-0.25, -0.2) is 9.97 Å². The number of rotatable bonds is 3. The third-order valence-corrected chi connectivity index (χ3v) is 3.56. The summed E-state index contributed by atoms with van der Waals surface area (Å²) in [6.07, 6.45) is 3.03. The quantitative estimate of drug-likeness (QED) is 0.556. The molecule has 134 valence electrons. The molecule has 4 rings (SSSR count). The molecule has 0 aliphatic carbocycles. The van der Waals surface area contributed by atoms with E-state index < -0.39 is 0 Å². The summed E-state index contributed by atoms with van der Waals surface area (Å²) in [7, 11) is 0. The summed E-state index contributed by atoms with van der Waals surface area (Å²) in [6, 6.07) is 18.7. The lowest BCUT2D eigenvalue weighted by Gasteiger charge is -1.96. The Morgan fingerprint density at radius 1 is 0.852 bits per heavy atom. The molecule has 0 atom stereocenters. The van der Waals surface area contributed by atoms with Gasteiger partial charge in [0.25, 0.3) is 5.89 Å². The van der Waals surface area contributed by atoms with Gasteiger partial charge in [-0.1, -0.05) is 48.5 Å². The highest BCUT2D eigenvalue weighted by molar-refractivity contribution is 5.93. The maximum atomic E-state index is 10.6. The van der Waals surface area contributed by atoms with E-state index in [0.717, 1.165) is 11.1 Å². The number of nitrogens with two attached hydrogens (primary N) is 1.